The van der Waals surface area contributed by atoms with Gasteiger partial charge in [-0.1, -0.05) is 18.2 Å². The minimum atomic E-state index is -0.457. The summed E-state index contributed by atoms with van der Waals surface area (Å²) in [6.07, 6.45) is 0.790. The number of nitrogens with zero attached hydrogens (tertiary/aromatic N) is 1. The second-order valence-electron chi connectivity index (χ2n) is 7.26. The van der Waals surface area contributed by atoms with Crippen molar-refractivity contribution >= 4 is 11.8 Å². The molecular formula is C17H26N4O2. The lowest BCUT2D eigenvalue weighted by Gasteiger charge is -2.37. The molecule has 0 radical (unpaired) electrons. The monoisotopic (exact) mass is 318 g/mol. The lowest BCUT2D eigenvalue weighted by atomic mass is 9.92. The molecule has 23 heavy (non-hydrogen) atoms. The zero-order valence-corrected chi connectivity index (χ0v) is 14.0. The van der Waals surface area contributed by atoms with Crippen molar-refractivity contribution in [3.05, 3.63) is 30.3 Å². The lowest BCUT2D eigenvalue weighted by molar-refractivity contribution is 0.0153. The highest BCUT2D eigenvalue weighted by Crippen LogP contribution is 2.26. The van der Waals surface area contributed by atoms with Gasteiger partial charge in [0.2, 0.25) is 0 Å². The van der Waals surface area contributed by atoms with Gasteiger partial charge in [0.25, 0.3) is 0 Å². The van der Waals surface area contributed by atoms with E-state index in [-0.39, 0.29) is 12.3 Å². The molecule has 2 aliphatic rings. The average Bonchev–Trinajstić information content (AvgIpc) is 2.89. The molecule has 3 atom stereocenters. The fraction of sp³-hybridized carbons (Fsp3) is 0.588. The number of para-hydroxylation sites is 1. The summed E-state index contributed by atoms with van der Waals surface area (Å²) in [5.74, 6) is 0.302. The summed E-state index contributed by atoms with van der Waals surface area (Å²) in [7, 11) is 0. The molecule has 0 bridgehead atoms. The Bertz CT molecular complexity index is 543. The van der Waals surface area contributed by atoms with E-state index < -0.39 is 5.60 Å². The number of likely N-dealkylation sites (tertiary alicyclic amines) is 1. The van der Waals surface area contributed by atoms with Gasteiger partial charge in [0, 0.05) is 30.7 Å². The minimum absolute atomic E-state index is 0.0904. The molecule has 0 aromatic heterocycles. The Hall–Kier alpha value is -1.79. The molecule has 126 valence electrons. The number of ether oxygens (including phenoxy) is 1. The summed E-state index contributed by atoms with van der Waals surface area (Å²) in [6, 6.07) is 10.5. The van der Waals surface area contributed by atoms with Gasteiger partial charge in [0.1, 0.15) is 5.60 Å². The number of hydrogen-bond acceptors (Lipinski definition) is 5. The van der Waals surface area contributed by atoms with Crippen LogP contribution >= 0.6 is 0 Å². The summed E-state index contributed by atoms with van der Waals surface area (Å²) >= 11 is 0. The molecule has 3 rings (SSSR count). The van der Waals surface area contributed by atoms with Crippen LogP contribution in [0.25, 0.3) is 0 Å². The van der Waals surface area contributed by atoms with Crippen LogP contribution in [0.2, 0.25) is 0 Å². The average molecular weight is 318 g/mol. The van der Waals surface area contributed by atoms with Crippen molar-refractivity contribution in [1.29, 1.82) is 0 Å². The van der Waals surface area contributed by atoms with Crippen LogP contribution in [0.1, 0.15) is 27.2 Å². The van der Waals surface area contributed by atoms with E-state index in [1.807, 2.05) is 56.0 Å². The first kappa shape index (κ1) is 16.1. The first-order chi connectivity index (χ1) is 10.9. The van der Waals surface area contributed by atoms with Gasteiger partial charge in [0.15, 0.2) is 0 Å². The fourth-order valence-corrected chi connectivity index (χ4v) is 3.15. The first-order valence-corrected chi connectivity index (χ1v) is 8.23. The minimum Gasteiger partial charge on any atom is -0.444 e. The fourth-order valence-electron chi connectivity index (χ4n) is 3.15. The predicted molar refractivity (Wildman–Crippen MR) is 89.8 cm³/mol. The number of piperidine rings is 1. The number of anilines is 1. The molecule has 2 fully saturated rings. The Balaban J connectivity index is 1.63. The highest BCUT2D eigenvalue weighted by atomic mass is 16.6. The van der Waals surface area contributed by atoms with Crippen LogP contribution in [-0.2, 0) is 4.74 Å². The standard InChI is InChI=1S/C17H26N4O2/c1-17(2,3)23-16(22)21-10-9-14-13(11-21)15(20-19-14)18-12-7-5-4-6-8-12/h4-8,13-15,18-20H,9-11H2,1-3H3. The van der Waals surface area contributed by atoms with Crippen LogP contribution < -0.4 is 16.2 Å². The number of hydrogen-bond donors (Lipinski definition) is 3. The molecule has 3 unspecified atom stereocenters. The second-order valence-corrected chi connectivity index (χ2v) is 7.26. The van der Waals surface area contributed by atoms with Crippen LogP contribution in [0.5, 0.6) is 0 Å². The van der Waals surface area contributed by atoms with E-state index in [2.05, 4.69) is 16.2 Å². The van der Waals surface area contributed by atoms with Crippen molar-refractivity contribution in [2.75, 3.05) is 18.4 Å². The van der Waals surface area contributed by atoms with Crippen molar-refractivity contribution in [2.45, 2.75) is 45.0 Å². The van der Waals surface area contributed by atoms with E-state index in [9.17, 15) is 4.79 Å². The largest absolute Gasteiger partial charge is 0.444 e. The second kappa shape index (κ2) is 6.37. The molecular weight excluding hydrogens is 292 g/mol. The summed E-state index contributed by atoms with van der Waals surface area (Å²) in [5, 5.41) is 3.50. The molecule has 1 amide bonds. The Morgan fingerprint density at radius 3 is 2.70 bits per heavy atom. The Morgan fingerprint density at radius 1 is 1.26 bits per heavy atom. The molecule has 2 aliphatic heterocycles. The molecule has 1 aromatic rings. The van der Waals surface area contributed by atoms with Crippen LogP contribution in [0, 0.1) is 5.92 Å². The smallest absolute Gasteiger partial charge is 0.410 e. The number of fused-ring (bicyclic) bond motifs is 1. The molecule has 3 N–H and O–H groups in total. The lowest BCUT2D eigenvalue weighted by Crippen LogP contribution is -2.50. The number of rotatable bonds is 2. The number of amides is 1. The van der Waals surface area contributed by atoms with Gasteiger partial charge in [-0.3, -0.25) is 5.43 Å². The maximum atomic E-state index is 12.3. The molecule has 2 saturated heterocycles. The number of carbonyl (C=O) groups excluding carboxylic acids is 1. The Morgan fingerprint density at radius 2 is 2.00 bits per heavy atom. The molecule has 6 heteroatoms. The van der Waals surface area contributed by atoms with Crippen molar-refractivity contribution in [2.24, 2.45) is 5.92 Å². The van der Waals surface area contributed by atoms with Gasteiger partial charge in [-0.05, 0) is 39.3 Å². The van der Waals surface area contributed by atoms with Gasteiger partial charge in [-0.15, -0.1) is 0 Å². The van der Waals surface area contributed by atoms with E-state index in [1.54, 1.807) is 0 Å². The molecule has 0 aliphatic carbocycles. The van der Waals surface area contributed by atoms with Crippen molar-refractivity contribution in [3.63, 3.8) is 0 Å². The van der Waals surface area contributed by atoms with Crippen LogP contribution in [0.15, 0.2) is 30.3 Å². The summed E-state index contributed by atoms with van der Waals surface area (Å²) in [4.78, 5) is 14.1. The number of hydrazine groups is 1. The third kappa shape index (κ3) is 3.95. The van der Waals surface area contributed by atoms with Gasteiger partial charge in [-0.2, -0.15) is 0 Å². The predicted octanol–water partition coefficient (Wildman–Crippen LogP) is 2.16. The molecule has 6 nitrogen and oxygen atoms in total. The zero-order chi connectivity index (χ0) is 16.4. The van der Waals surface area contributed by atoms with Crippen LogP contribution in [0.3, 0.4) is 0 Å². The highest BCUT2D eigenvalue weighted by Gasteiger charge is 2.41. The van der Waals surface area contributed by atoms with Crippen LogP contribution in [0.4, 0.5) is 10.5 Å². The topological polar surface area (TPSA) is 65.6 Å². The van der Waals surface area contributed by atoms with E-state index in [0.717, 1.165) is 18.7 Å². The van der Waals surface area contributed by atoms with Crippen LogP contribution in [-0.4, -0.2) is 41.9 Å². The number of carbonyl (C=O) groups is 1. The van der Waals surface area contributed by atoms with E-state index >= 15 is 0 Å². The molecule has 1 aromatic carbocycles. The summed E-state index contributed by atoms with van der Waals surface area (Å²) in [6.45, 7) is 7.11. The normalized spacial score (nSPS) is 27.4. The summed E-state index contributed by atoms with van der Waals surface area (Å²) < 4.78 is 5.50. The van der Waals surface area contributed by atoms with Crippen molar-refractivity contribution in [1.82, 2.24) is 15.8 Å². The first-order valence-electron chi connectivity index (χ1n) is 8.23. The Kier molecular flexibility index (Phi) is 4.46. The Labute approximate surface area is 137 Å². The highest BCUT2D eigenvalue weighted by molar-refractivity contribution is 5.68. The number of benzene rings is 1. The quantitative estimate of drug-likeness (QED) is 0.780. The SMILES string of the molecule is CC(C)(C)OC(=O)N1CCC2NNC(Nc3ccccc3)C2C1. The molecule has 2 heterocycles. The van der Waals surface area contributed by atoms with Crippen molar-refractivity contribution in [3.8, 4) is 0 Å². The van der Waals surface area contributed by atoms with Gasteiger partial charge >= 0.3 is 6.09 Å². The van der Waals surface area contributed by atoms with E-state index in [4.69, 9.17) is 4.74 Å². The van der Waals surface area contributed by atoms with Gasteiger partial charge in [-0.25, -0.2) is 10.2 Å². The van der Waals surface area contributed by atoms with E-state index in [1.165, 1.54) is 0 Å². The maximum absolute atomic E-state index is 12.3. The van der Waals surface area contributed by atoms with Gasteiger partial charge in [0.05, 0.1) is 6.17 Å². The van der Waals surface area contributed by atoms with Crippen molar-refractivity contribution < 1.29 is 9.53 Å². The molecule has 0 saturated carbocycles. The maximum Gasteiger partial charge on any atom is 0.410 e. The molecule has 0 spiro atoms. The zero-order valence-electron chi connectivity index (χ0n) is 14.0. The summed E-state index contributed by atoms with van der Waals surface area (Å²) in [5.41, 5.74) is 7.27. The van der Waals surface area contributed by atoms with E-state index in [0.29, 0.717) is 18.5 Å². The third-order valence-corrected chi connectivity index (χ3v) is 4.26. The van der Waals surface area contributed by atoms with Gasteiger partial charge < -0.3 is 15.0 Å². The third-order valence-electron chi connectivity index (χ3n) is 4.26. The number of nitrogens with one attached hydrogen (secondary N) is 3.